The van der Waals surface area contributed by atoms with Gasteiger partial charge >= 0.3 is 0 Å². The number of hydrogen-bond donors (Lipinski definition) is 1. The molecule has 0 fully saturated rings. The molecule has 3 heteroatoms. The first-order valence-corrected chi connectivity index (χ1v) is 5.40. The van der Waals surface area contributed by atoms with Crippen LogP contribution in [0.25, 0.3) is 11.4 Å². The number of nitrogens with one attached hydrogen (secondary N) is 1. The van der Waals surface area contributed by atoms with Crippen LogP contribution in [0.15, 0.2) is 24.4 Å². The highest BCUT2D eigenvalue weighted by Crippen LogP contribution is 2.26. The van der Waals surface area contributed by atoms with Crippen LogP contribution in [0.5, 0.6) is 0 Å². The summed E-state index contributed by atoms with van der Waals surface area (Å²) in [5.74, 6) is 0.598. The summed E-state index contributed by atoms with van der Waals surface area (Å²) in [5, 5.41) is 0. The van der Waals surface area contributed by atoms with Crippen molar-refractivity contribution >= 4 is 0 Å². The minimum atomic E-state index is -0.174. The Morgan fingerprint density at radius 3 is 2.69 bits per heavy atom. The Labute approximate surface area is 96.0 Å². The maximum atomic E-state index is 14.2. The predicted molar refractivity (Wildman–Crippen MR) is 64.9 cm³/mol. The average molecular weight is 220 g/mol. The highest BCUT2D eigenvalue weighted by atomic mass is 19.1. The molecule has 0 aliphatic rings. The Balaban J connectivity index is 0.00000144. The standard InChI is InChI=1S/C13H15FN2.H2/c1-8(2)10-5-4-6-11(12(10)14)13-15-7-9(3)16-13;/h4-8H,1-3H3,(H,15,16);1H. The van der Waals surface area contributed by atoms with Crippen LogP contribution in [0.1, 0.15) is 32.4 Å². The van der Waals surface area contributed by atoms with Gasteiger partial charge in [-0.3, -0.25) is 0 Å². The summed E-state index contributed by atoms with van der Waals surface area (Å²) in [5.41, 5.74) is 2.20. The fourth-order valence-corrected chi connectivity index (χ4v) is 1.73. The molecule has 0 atom stereocenters. The molecule has 0 amide bonds. The molecule has 0 bridgehead atoms. The first-order valence-electron chi connectivity index (χ1n) is 5.40. The molecule has 86 valence electrons. The van der Waals surface area contributed by atoms with Crippen molar-refractivity contribution in [2.75, 3.05) is 0 Å². The Kier molecular flexibility index (Phi) is 2.77. The van der Waals surface area contributed by atoms with E-state index in [1.807, 2.05) is 32.9 Å². The second-order valence-electron chi connectivity index (χ2n) is 4.28. The van der Waals surface area contributed by atoms with Gasteiger partial charge in [0.1, 0.15) is 11.6 Å². The van der Waals surface area contributed by atoms with Gasteiger partial charge in [0.2, 0.25) is 0 Å². The smallest absolute Gasteiger partial charge is 0.140 e. The zero-order chi connectivity index (χ0) is 11.7. The van der Waals surface area contributed by atoms with Gasteiger partial charge in [0, 0.05) is 13.3 Å². The van der Waals surface area contributed by atoms with Crippen LogP contribution in [0.4, 0.5) is 4.39 Å². The lowest BCUT2D eigenvalue weighted by atomic mass is 9.99. The largest absolute Gasteiger partial charge is 0.342 e. The first-order chi connectivity index (χ1) is 7.59. The minimum absolute atomic E-state index is 0. The van der Waals surface area contributed by atoms with Gasteiger partial charge in [0.15, 0.2) is 0 Å². The summed E-state index contributed by atoms with van der Waals surface area (Å²) in [6, 6.07) is 5.43. The van der Waals surface area contributed by atoms with Crippen molar-refractivity contribution in [1.82, 2.24) is 9.97 Å². The third kappa shape index (κ3) is 1.85. The average Bonchev–Trinajstić information content (AvgIpc) is 2.64. The molecule has 1 aromatic carbocycles. The fourth-order valence-electron chi connectivity index (χ4n) is 1.73. The molecular formula is C13H17FN2. The Bertz CT molecular complexity index is 506. The topological polar surface area (TPSA) is 28.7 Å². The molecule has 2 nitrogen and oxygen atoms in total. The van der Waals surface area contributed by atoms with Crippen LogP contribution >= 0.6 is 0 Å². The van der Waals surface area contributed by atoms with Gasteiger partial charge in [-0.25, -0.2) is 9.37 Å². The van der Waals surface area contributed by atoms with Gasteiger partial charge in [-0.15, -0.1) is 0 Å². The van der Waals surface area contributed by atoms with Crippen molar-refractivity contribution in [2.24, 2.45) is 0 Å². The van der Waals surface area contributed by atoms with E-state index in [0.29, 0.717) is 11.4 Å². The summed E-state index contributed by atoms with van der Waals surface area (Å²) < 4.78 is 14.2. The number of aryl methyl sites for hydroxylation is 1. The molecule has 1 N–H and O–H groups in total. The maximum absolute atomic E-state index is 14.2. The number of H-pyrrole nitrogens is 1. The van der Waals surface area contributed by atoms with Crippen molar-refractivity contribution in [2.45, 2.75) is 26.7 Å². The molecule has 0 aliphatic carbocycles. The maximum Gasteiger partial charge on any atom is 0.140 e. The van der Waals surface area contributed by atoms with E-state index in [0.717, 1.165) is 11.3 Å². The van der Waals surface area contributed by atoms with Gasteiger partial charge in [-0.05, 0) is 24.5 Å². The molecule has 2 rings (SSSR count). The summed E-state index contributed by atoms with van der Waals surface area (Å²) in [4.78, 5) is 7.20. The van der Waals surface area contributed by atoms with Crippen LogP contribution in [0.3, 0.4) is 0 Å². The lowest BCUT2D eigenvalue weighted by molar-refractivity contribution is 0.601. The molecule has 0 unspecified atom stereocenters. The highest BCUT2D eigenvalue weighted by Gasteiger charge is 2.13. The minimum Gasteiger partial charge on any atom is -0.342 e. The quantitative estimate of drug-likeness (QED) is 0.817. The van der Waals surface area contributed by atoms with Crippen LogP contribution < -0.4 is 0 Å². The summed E-state index contributed by atoms with van der Waals surface area (Å²) in [6.45, 7) is 5.87. The first kappa shape index (κ1) is 10.9. The van der Waals surface area contributed by atoms with Gasteiger partial charge < -0.3 is 4.98 Å². The van der Waals surface area contributed by atoms with Gasteiger partial charge in [-0.1, -0.05) is 26.0 Å². The Morgan fingerprint density at radius 2 is 2.12 bits per heavy atom. The molecule has 1 aromatic heterocycles. The van der Waals surface area contributed by atoms with Gasteiger partial charge in [-0.2, -0.15) is 0 Å². The number of hydrogen-bond acceptors (Lipinski definition) is 1. The van der Waals surface area contributed by atoms with Crippen LogP contribution in [-0.2, 0) is 0 Å². The Hall–Kier alpha value is -1.64. The second kappa shape index (κ2) is 4.08. The van der Waals surface area contributed by atoms with E-state index in [-0.39, 0.29) is 13.2 Å². The third-order valence-corrected chi connectivity index (χ3v) is 2.61. The van der Waals surface area contributed by atoms with Crippen LogP contribution in [-0.4, -0.2) is 9.97 Å². The molecule has 1 heterocycles. The van der Waals surface area contributed by atoms with E-state index >= 15 is 0 Å². The summed E-state index contributed by atoms with van der Waals surface area (Å²) in [7, 11) is 0. The lowest BCUT2D eigenvalue weighted by Gasteiger charge is -2.09. The van der Waals surface area contributed by atoms with Crippen LogP contribution in [0, 0.1) is 12.7 Å². The van der Waals surface area contributed by atoms with E-state index in [1.54, 1.807) is 12.3 Å². The van der Waals surface area contributed by atoms with E-state index in [9.17, 15) is 4.39 Å². The van der Waals surface area contributed by atoms with E-state index in [1.165, 1.54) is 0 Å². The number of halogens is 1. The molecule has 2 aromatic rings. The van der Waals surface area contributed by atoms with Crippen molar-refractivity contribution < 1.29 is 5.82 Å². The van der Waals surface area contributed by atoms with Crippen molar-refractivity contribution in [3.05, 3.63) is 41.5 Å². The molecule has 16 heavy (non-hydrogen) atoms. The highest BCUT2D eigenvalue weighted by molar-refractivity contribution is 5.58. The van der Waals surface area contributed by atoms with E-state index in [4.69, 9.17) is 0 Å². The zero-order valence-electron chi connectivity index (χ0n) is 9.71. The van der Waals surface area contributed by atoms with Crippen molar-refractivity contribution in [3.8, 4) is 11.4 Å². The Morgan fingerprint density at radius 1 is 1.38 bits per heavy atom. The van der Waals surface area contributed by atoms with Gasteiger partial charge in [0.05, 0.1) is 5.56 Å². The fraction of sp³-hybridized carbons (Fsp3) is 0.308. The SMILES string of the molecule is Cc1cnc(-c2cccc(C(C)C)c2F)[nH]1.[HH]. The number of aromatic nitrogens is 2. The van der Waals surface area contributed by atoms with E-state index in [2.05, 4.69) is 9.97 Å². The molecule has 0 saturated heterocycles. The zero-order valence-corrected chi connectivity index (χ0v) is 9.71. The molecule has 0 saturated carbocycles. The second-order valence-corrected chi connectivity index (χ2v) is 4.28. The molecular weight excluding hydrogens is 203 g/mol. The molecule has 0 spiro atoms. The number of imidazole rings is 1. The van der Waals surface area contributed by atoms with Crippen molar-refractivity contribution in [3.63, 3.8) is 0 Å². The van der Waals surface area contributed by atoms with E-state index < -0.39 is 0 Å². The number of nitrogens with zero attached hydrogens (tertiary/aromatic N) is 1. The summed E-state index contributed by atoms with van der Waals surface area (Å²) in [6.07, 6.45) is 1.71. The number of rotatable bonds is 2. The molecule has 0 radical (unpaired) electrons. The lowest BCUT2D eigenvalue weighted by Crippen LogP contribution is -1.96. The van der Waals surface area contributed by atoms with Crippen LogP contribution in [0.2, 0.25) is 0 Å². The third-order valence-electron chi connectivity index (χ3n) is 2.61. The monoisotopic (exact) mass is 220 g/mol. The normalized spacial score (nSPS) is 11.1. The molecule has 0 aliphatic heterocycles. The van der Waals surface area contributed by atoms with Gasteiger partial charge in [0.25, 0.3) is 0 Å². The summed E-state index contributed by atoms with van der Waals surface area (Å²) >= 11 is 0. The number of aromatic amines is 1. The van der Waals surface area contributed by atoms with Crippen molar-refractivity contribution in [1.29, 1.82) is 0 Å². The predicted octanol–water partition coefficient (Wildman–Crippen LogP) is 3.89. The number of benzene rings is 1.